The lowest BCUT2D eigenvalue weighted by Crippen LogP contribution is -2.61. The van der Waals surface area contributed by atoms with Crippen LogP contribution in [0, 0.1) is 5.41 Å². The van der Waals surface area contributed by atoms with E-state index in [0.717, 1.165) is 26.7 Å². The molecule has 0 unspecified atom stereocenters. The minimum absolute atomic E-state index is 0.00372. The van der Waals surface area contributed by atoms with Crippen molar-refractivity contribution in [2.45, 2.75) is 44.3 Å². The Bertz CT molecular complexity index is 1280. The highest BCUT2D eigenvalue weighted by Gasteiger charge is 2.67. The van der Waals surface area contributed by atoms with Crippen LogP contribution >= 0.6 is 15.9 Å². The number of carbonyl (C=O) groups is 3. The van der Waals surface area contributed by atoms with E-state index >= 15 is 0 Å². The maximum atomic E-state index is 13.8. The van der Waals surface area contributed by atoms with Crippen molar-refractivity contribution in [3.63, 3.8) is 0 Å². The topological polar surface area (TPSA) is 69.7 Å². The third-order valence-electron chi connectivity index (χ3n) is 6.99. The normalized spacial score (nSPS) is 23.0. The molecular weight excluding hydrogens is 508 g/mol. The van der Waals surface area contributed by atoms with Gasteiger partial charge in [0.1, 0.15) is 5.78 Å². The summed E-state index contributed by atoms with van der Waals surface area (Å²) in [6.07, 6.45) is 0.130. The molecule has 1 saturated carbocycles. The number of halogens is 1. The Balaban J connectivity index is 1.64. The van der Waals surface area contributed by atoms with Gasteiger partial charge in [-0.2, -0.15) is 0 Å². The number of ether oxygens (including phenoxy) is 2. The number of ketones is 1. The van der Waals surface area contributed by atoms with Crippen LogP contribution in [0.2, 0.25) is 0 Å². The number of hydrogen-bond acceptors (Lipinski definition) is 5. The Morgan fingerprint density at radius 2 is 1.29 bits per heavy atom. The van der Waals surface area contributed by atoms with Gasteiger partial charge < -0.3 is 9.47 Å². The maximum absolute atomic E-state index is 13.8. The van der Waals surface area contributed by atoms with E-state index in [2.05, 4.69) is 15.9 Å². The molecule has 1 saturated heterocycles. The van der Waals surface area contributed by atoms with E-state index in [1.807, 2.05) is 78.9 Å². The number of hydrogen-bond donors (Lipinski definition) is 0. The Morgan fingerprint density at radius 1 is 0.714 bits per heavy atom. The van der Waals surface area contributed by atoms with Gasteiger partial charge in [-0.1, -0.05) is 82.7 Å². The second-order valence-corrected chi connectivity index (χ2v) is 10.6. The molecular formula is C29H25BrO5. The van der Waals surface area contributed by atoms with Crippen LogP contribution in [0.25, 0.3) is 11.1 Å². The molecule has 0 aromatic heterocycles. The monoisotopic (exact) mass is 532 g/mol. The lowest BCUT2D eigenvalue weighted by molar-refractivity contribution is -0.256. The van der Waals surface area contributed by atoms with Crippen LogP contribution in [0.5, 0.6) is 0 Å². The molecule has 1 aliphatic heterocycles. The van der Waals surface area contributed by atoms with E-state index in [-0.39, 0.29) is 18.6 Å². The Hall–Kier alpha value is -3.25. The fourth-order valence-corrected chi connectivity index (χ4v) is 5.81. The van der Waals surface area contributed by atoms with Gasteiger partial charge in [-0.25, -0.2) is 0 Å². The van der Waals surface area contributed by atoms with Gasteiger partial charge in [0.25, 0.3) is 5.79 Å². The number of carbonyl (C=O) groups excluding carboxylic acids is 3. The molecule has 1 heterocycles. The number of esters is 2. The quantitative estimate of drug-likeness (QED) is 0.298. The number of rotatable bonds is 3. The number of benzene rings is 3. The average Bonchev–Trinajstić information content (AvgIpc) is 2.83. The van der Waals surface area contributed by atoms with Gasteiger partial charge in [0.15, 0.2) is 5.41 Å². The van der Waals surface area contributed by atoms with Crippen molar-refractivity contribution in [3.8, 4) is 11.1 Å². The van der Waals surface area contributed by atoms with Gasteiger partial charge in [-0.15, -0.1) is 0 Å². The first-order chi connectivity index (χ1) is 16.7. The van der Waals surface area contributed by atoms with E-state index in [0.29, 0.717) is 0 Å². The first-order valence-electron chi connectivity index (χ1n) is 11.6. The highest BCUT2D eigenvalue weighted by molar-refractivity contribution is 9.10. The van der Waals surface area contributed by atoms with E-state index in [1.165, 1.54) is 0 Å². The molecule has 1 aliphatic carbocycles. The molecule has 5 rings (SSSR count). The predicted molar refractivity (Wildman–Crippen MR) is 134 cm³/mol. The van der Waals surface area contributed by atoms with Gasteiger partial charge >= 0.3 is 11.9 Å². The third-order valence-corrected chi connectivity index (χ3v) is 7.48. The minimum atomic E-state index is -1.65. The predicted octanol–water partition coefficient (Wildman–Crippen LogP) is 6.17. The first-order valence-corrected chi connectivity index (χ1v) is 12.4. The molecule has 0 amide bonds. The molecule has 0 bridgehead atoms. The van der Waals surface area contributed by atoms with Gasteiger partial charge in [-0.3, -0.25) is 14.4 Å². The summed E-state index contributed by atoms with van der Waals surface area (Å²) < 4.78 is 12.3. The lowest BCUT2D eigenvalue weighted by atomic mass is 9.55. The van der Waals surface area contributed by atoms with Crippen molar-refractivity contribution in [1.82, 2.24) is 0 Å². The SMILES string of the molecule is CC1(C)OC(=O)C2(C(=O)O1)[C@@H](c1ccccc1)CC(=O)C[C@H]2c1ccc(-c2cccc(Br)c2)cc1. The summed E-state index contributed by atoms with van der Waals surface area (Å²) >= 11 is 3.50. The molecule has 178 valence electrons. The van der Waals surface area contributed by atoms with Crippen LogP contribution in [-0.4, -0.2) is 23.5 Å². The zero-order valence-electron chi connectivity index (χ0n) is 19.5. The molecule has 6 heteroatoms. The van der Waals surface area contributed by atoms with Crippen molar-refractivity contribution in [2.75, 3.05) is 0 Å². The summed E-state index contributed by atoms with van der Waals surface area (Å²) in [5, 5.41) is 0. The van der Waals surface area contributed by atoms with Crippen molar-refractivity contribution >= 4 is 33.7 Å². The summed E-state index contributed by atoms with van der Waals surface area (Å²) in [4.78, 5) is 40.5. The molecule has 5 nitrogen and oxygen atoms in total. The van der Waals surface area contributed by atoms with E-state index in [4.69, 9.17) is 9.47 Å². The van der Waals surface area contributed by atoms with E-state index in [9.17, 15) is 14.4 Å². The summed E-state index contributed by atoms with van der Waals surface area (Å²) in [5.74, 6) is -4.03. The standard InChI is InChI=1S/C29H25BrO5/c1-28(2)34-26(32)29(27(33)35-28)24(19-7-4-3-5-8-19)16-23(31)17-25(29)20-13-11-18(12-14-20)21-9-6-10-22(30)15-21/h3-15,24-25H,16-17H2,1-2H3/t24-,25+/m1/s1. The highest BCUT2D eigenvalue weighted by Crippen LogP contribution is 2.57. The molecule has 1 spiro atoms. The van der Waals surface area contributed by atoms with E-state index < -0.39 is 35.0 Å². The summed E-state index contributed by atoms with van der Waals surface area (Å²) in [5.41, 5.74) is 1.83. The molecule has 2 fully saturated rings. The van der Waals surface area contributed by atoms with Crippen molar-refractivity contribution in [1.29, 1.82) is 0 Å². The molecule has 35 heavy (non-hydrogen) atoms. The first kappa shape index (κ1) is 23.5. The minimum Gasteiger partial charge on any atom is -0.422 e. The van der Waals surface area contributed by atoms with Crippen LogP contribution in [0.1, 0.15) is 49.7 Å². The fourth-order valence-electron chi connectivity index (χ4n) is 5.41. The highest BCUT2D eigenvalue weighted by atomic mass is 79.9. The summed E-state index contributed by atoms with van der Waals surface area (Å²) in [7, 11) is 0. The second-order valence-electron chi connectivity index (χ2n) is 9.64. The second kappa shape index (κ2) is 8.76. The zero-order valence-corrected chi connectivity index (χ0v) is 21.1. The van der Waals surface area contributed by atoms with Crippen LogP contribution in [0.3, 0.4) is 0 Å². The molecule has 0 N–H and O–H groups in total. The largest absolute Gasteiger partial charge is 0.422 e. The van der Waals surface area contributed by atoms with Crippen LogP contribution in [-0.2, 0) is 23.9 Å². The third kappa shape index (κ3) is 4.10. The summed E-state index contributed by atoms with van der Waals surface area (Å²) in [6, 6.07) is 24.9. The van der Waals surface area contributed by atoms with Crippen LogP contribution in [0.4, 0.5) is 0 Å². The zero-order chi connectivity index (χ0) is 24.8. The van der Waals surface area contributed by atoms with Crippen molar-refractivity contribution in [2.24, 2.45) is 5.41 Å². The molecule has 2 atom stereocenters. The Labute approximate surface area is 212 Å². The number of cyclic esters (lactones) is 2. The van der Waals surface area contributed by atoms with Crippen LogP contribution < -0.4 is 0 Å². The van der Waals surface area contributed by atoms with Gasteiger partial charge in [0.2, 0.25) is 0 Å². The summed E-state index contributed by atoms with van der Waals surface area (Å²) in [6.45, 7) is 3.09. The molecule has 2 aliphatic rings. The van der Waals surface area contributed by atoms with Crippen LogP contribution in [0.15, 0.2) is 83.3 Å². The number of Topliss-reactive ketones (excluding diaryl/α,β-unsaturated/α-hetero) is 1. The van der Waals surface area contributed by atoms with Gasteiger partial charge in [0, 0.05) is 43.0 Å². The molecule has 3 aromatic carbocycles. The molecule has 0 radical (unpaired) electrons. The Morgan fingerprint density at radius 3 is 1.86 bits per heavy atom. The van der Waals surface area contributed by atoms with Crippen molar-refractivity contribution < 1.29 is 23.9 Å². The van der Waals surface area contributed by atoms with Gasteiger partial charge in [-0.05, 0) is 34.4 Å². The molecule has 3 aromatic rings. The lowest BCUT2D eigenvalue weighted by Gasteiger charge is -2.49. The fraction of sp³-hybridized carbons (Fsp3) is 0.276. The van der Waals surface area contributed by atoms with Gasteiger partial charge in [0.05, 0.1) is 0 Å². The van der Waals surface area contributed by atoms with E-state index in [1.54, 1.807) is 13.8 Å². The smallest absolute Gasteiger partial charge is 0.328 e. The maximum Gasteiger partial charge on any atom is 0.328 e. The van der Waals surface area contributed by atoms with Crippen molar-refractivity contribution in [3.05, 3.63) is 94.5 Å². The Kier molecular flexibility index (Phi) is 5.88. The average molecular weight is 533 g/mol.